The summed E-state index contributed by atoms with van der Waals surface area (Å²) in [6.07, 6.45) is 3.70. The summed E-state index contributed by atoms with van der Waals surface area (Å²) < 4.78 is 26.2. The van der Waals surface area contributed by atoms with E-state index >= 15 is 0 Å². The first-order valence-corrected chi connectivity index (χ1v) is 9.10. The summed E-state index contributed by atoms with van der Waals surface area (Å²) in [7, 11) is 0. The maximum Gasteiger partial charge on any atom is 0.123 e. The highest BCUT2D eigenvalue weighted by atomic mass is 19.1. The van der Waals surface area contributed by atoms with E-state index in [2.05, 4.69) is 20.9 Å². The number of aromatic nitrogens is 1. The van der Waals surface area contributed by atoms with Gasteiger partial charge in [0.2, 0.25) is 0 Å². The van der Waals surface area contributed by atoms with Crippen LogP contribution in [0.1, 0.15) is 5.56 Å². The summed E-state index contributed by atoms with van der Waals surface area (Å²) in [6.45, 7) is 4.54. The number of hydrogen-bond donors (Lipinski definition) is 0. The van der Waals surface area contributed by atoms with Gasteiger partial charge in [-0.25, -0.2) is 8.78 Å². The predicted molar refractivity (Wildman–Crippen MR) is 104 cm³/mol. The molecule has 1 saturated heterocycles. The second-order valence-electron chi connectivity index (χ2n) is 6.83. The molecule has 5 heteroatoms. The molecule has 0 atom stereocenters. The fraction of sp³-hybridized carbons (Fsp3) is 0.227. The van der Waals surface area contributed by atoms with Crippen LogP contribution in [0, 0.1) is 11.6 Å². The molecule has 2 aromatic carbocycles. The summed E-state index contributed by atoms with van der Waals surface area (Å²) in [4.78, 5) is 9.03. The fourth-order valence-corrected chi connectivity index (χ4v) is 3.45. The average molecular weight is 365 g/mol. The zero-order valence-electron chi connectivity index (χ0n) is 15.0. The summed E-state index contributed by atoms with van der Waals surface area (Å²) in [6, 6.07) is 15.3. The third-order valence-corrected chi connectivity index (χ3v) is 4.94. The summed E-state index contributed by atoms with van der Waals surface area (Å²) in [5.41, 5.74) is 4.17. The Bertz CT molecular complexity index is 886. The Morgan fingerprint density at radius 1 is 0.741 bits per heavy atom. The average Bonchev–Trinajstić information content (AvgIpc) is 2.70. The van der Waals surface area contributed by atoms with Crippen LogP contribution < -0.4 is 4.90 Å². The Hall–Kier alpha value is -2.79. The lowest BCUT2D eigenvalue weighted by Crippen LogP contribution is -2.45. The molecule has 1 aliphatic heterocycles. The molecule has 3 aromatic rings. The van der Waals surface area contributed by atoms with Crippen molar-refractivity contribution in [1.82, 2.24) is 9.88 Å². The zero-order chi connectivity index (χ0) is 18.6. The molecule has 1 fully saturated rings. The van der Waals surface area contributed by atoms with Gasteiger partial charge >= 0.3 is 0 Å². The van der Waals surface area contributed by atoms with Gasteiger partial charge in [0.15, 0.2) is 0 Å². The SMILES string of the molecule is Fc1ccc(-c2cncc(CN3CCN(c4ccc(F)cc4)CC3)c2)cc1. The van der Waals surface area contributed by atoms with Gasteiger partial charge in [-0.05, 0) is 53.6 Å². The lowest BCUT2D eigenvalue weighted by molar-refractivity contribution is 0.249. The molecule has 1 aromatic heterocycles. The van der Waals surface area contributed by atoms with E-state index in [4.69, 9.17) is 0 Å². The first-order valence-electron chi connectivity index (χ1n) is 9.10. The quantitative estimate of drug-likeness (QED) is 0.685. The van der Waals surface area contributed by atoms with Gasteiger partial charge < -0.3 is 4.90 Å². The molecule has 3 nitrogen and oxygen atoms in total. The van der Waals surface area contributed by atoms with Gasteiger partial charge in [0.1, 0.15) is 11.6 Å². The number of anilines is 1. The van der Waals surface area contributed by atoms with Gasteiger partial charge in [-0.2, -0.15) is 0 Å². The molecule has 4 rings (SSSR count). The summed E-state index contributed by atoms with van der Waals surface area (Å²) in [5, 5.41) is 0. The van der Waals surface area contributed by atoms with E-state index in [-0.39, 0.29) is 11.6 Å². The number of nitrogens with zero attached hydrogens (tertiary/aromatic N) is 3. The lowest BCUT2D eigenvalue weighted by Gasteiger charge is -2.36. The molecular weight excluding hydrogens is 344 g/mol. The van der Waals surface area contributed by atoms with Gasteiger partial charge in [0.25, 0.3) is 0 Å². The third-order valence-electron chi connectivity index (χ3n) is 4.94. The van der Waals surface area contributed by atoms with Gasteiger partial charge in [-0.1, -0.05) is 12.1 Å². The van der Waals surface area contributed by atoms with Crippen LogP contribution in [0.5, 0.6) is 0 Å². The summed E-state index contributed by atoms with van der Waals surface area (Å²) in [5.74, 6) is -0.437. The Labute approximate surface area is 157 Å². The van der Waals surface area contributed by atoms with Crippen molar-refractivity contribution < 1.29 is 8.78 Å². The standard InChI is InChI=1S/C22H21F2N3/c23-20-3-1-18(2-4-20)19-13-17(14-25-15-19)16-26-9-11-27(12-10-26)22-7-5-21(24)6-8-22/h1-8,13-15H,9-12,16H2. The largest absolute Gasteiger partial charge is 0.369 e. The van der Waals surface area contributed by atoms with Crippen LogP contribution in [0.4, 0.5) is 14.5 Å². The fourth-order valence-electron chi connectivity index (χ4n) is 3.45. The molecule has 1 aliphatic rings. The maximum atomic E-state index is 13.1. The minimum Gasteiger partial charge on any atom is -0.369 e. The maximum absolute atomic E-state index is 13.1. The van der Waals surface area contributed by atoms with Crippen molar-refractivity contribution in [3.8, 4) is 11.1 Å². The van der Waals surface area contributed by atoms with Crippen LogP contribution in [-0.4, -0.2) is 36.1 Å². The summed E-state index contributed by atoms with van der Waals surface area (Å²) >= 11 is 0. The highest BCUT2D eigenvalue weighted by Crippen LogP contribution is 2.21. The number of benzene rings is 2. The number of rotatable bonds is 4. The Morgan fingerprint density at radius 2 is 1.37 bits per heavy atom. The third kappa shape index (κ3) is 4.31. The highest BCUT2D eigenvalue weighted by molar-refractivity contribution is 5.62. The van der Waals surface area contributed by atoms with E-state index in [1.54, 1.807) is 12.1 Å². The van der Waals surface area contributed by atoms with Crippen LogP contribution in [0.25, 0.3) is 11.1 Å². The van der Waals surface area contributed by atoms with E-state index in [0.717, 1.165) is 55.1 Å². The van der Waals surface area contributed by atoms with Crippen molar-refractivity contribution in [1.29, 1.82) is 0 Å². The lowest BCUT2D eigenvalue weighted by atomic mass is 10.1. The smallest absolute Gasteiger partial charge is 0.123 e. The second kappa shape index (κ2) is 7.84. The van der Waals surface area contributed by atoms with E-state index in [1.165, 1.54) is 24.3 Å². The first-order chi connectivity index (χ1) is 13.2. The van der Waals surface area contributed by atoms with Crippen LogP contribution in [0.3, 0.4) is 0 Å². The van der Waals surface area contributed by atoms with Gasteiger partial charge in [0.05, 0.1) is 0 Å². The Balaban J connectivity index is 1.38. The monoisotopic (exact) mass is 365 g/mol. The van der Waals surface area contributed by atoms with Gasteiger partial charge in [0, 0.05) is 56.4 Å². The minimum absolute atomic E-state index is 0.203. The van der Waals surface area contributed by atoms with Gasteiger partial charge in [-0.15, -0.1) is 0 Å². The Morgan fingerprint density at radius 3 is 2.04 bits per heavy atom. The molecular formula is C22H21F2N3. The first kappa shape index (κ1) is 17.6. The van der Waals surface area contributed by atoms with E-state index < -0.39 is 0 Å². The molecule has 0 bridgehead atoms. The number of hydrogen-bond acceptors (Lipinski definition) is 3. The predicted octanol–water partition coefficient (Wildman–Crippen LogP) is 4.35. The highest BCUT2D eigenvalue weighted by Gasteiger charge is 2.17. The molecule has 0 aliphatic carbocycles. The van der Waals surface area contributed by atoms with Gasteiger partial charge in [-0.3, -0.25) is 9.88 Å². The molecule has 0 radical (unpaired) electrons. The molecule has 0 saturated carbocycles. The molecule has 0 spiro atoms. The Kier molecular flexibility index (Phi) is 5.12. The van der Waals surface area contributed by atoms with E-state index in [1.807, 2.05) is 24.5 Å². The second-order valence-corrected chi connectivity index (χ2v) is 6.83. The van der Waals surface area contributed by atoms with Crippen molar-refractivity contribution in [2.75, 3.05) is 31.1 Å². The van der Waals surface area contributed by atoms with E-state index in [9.17, 15) is 8.78 Å². The number of pyridine rings is 1. The normalized spacial score (nSPS) is 15.1. The van der Waals surface area contributed by atoms with Crippen molar-refractivity contribution in [3.05, 3.63) is 84.2 Å². The molecule has 0 N–H and O–H groups in total. The molecule has 138 valence electrons. The van der Waals surface area contributed by atoms with Crippen molar-refractivity contribution in [2.45, 2.75) is 6.54 Å². The number of halogens is 2. The van der Waals surface area contributed by atoms with Crippen LogP contribution in [0.2, 0.25) is 0 Å². The molecule has 0 unspecified atom stereocenters. The molecule has 0 amide bonds. The minimum atomic E-state index is -0.234. The van der Waals surface area contributed by atoms with E-state index in [0.29, 0.717) is 0 Å². The van der Waals surface area contributed by atoms with Crippen molar-refractivity contribution >= 4 is 5.69 Å². The van der Waals surface area contributed by atoms with Crippen LogP contribution in [0.15, 0.2) is 67.0 Å². The number of piperazine rings is 1. The topological polar surface area (TPSA) is 19.4 Å². The van der Waals surface area contributed by atoms with Crippen molar-refractivity contribution in [3.63, 3.8) is 0 Å². The van der Waals surface area contributed by atoms with Crippen molar-refractivity contribution in [2.24, 2.45) is 0 Å². The molecule has 27 heavy (non-hydrogen) atoms. The zero-order valence-corrected chi connectivity index (χ0v) is 15.0. The van der Waals surface area contributed by atoms with Crippen LogP contribution in [-0.2, 0) is 6.54 Å². The molecule has 2 heterocycles. The van der Waals surface area contributed by atoms with Crippen LogP contribution >= 0.6 is 0 Å².